The van der Waals surface area contributed by atoms with Gasteiger partial charge < -0.3 is 38.3 Å². The predicted molar refractivity (Wildman–Crippen MR) is 145 cm³/mol. The van der Waals surface area contributed by atoms with Crippen LogP contribution in [0.5, 0.6) is 0 Å². The molecule has 0 spiro atoms. The molecular weight excluding hydrogens is 537 g/mol. The molecule has 1 saturated carbocycles. The summed E-state index contributed by atoms with van der Waals surface area (Å²) in [5.74, 6) is -3.37. The lowest BCUT2D eigenvalue weighted by Gasteiger charge is -2.42. The number of aromatic carboxylic acids is 1. The van der Waals surface area contributed by atoms with Crippen molar-refractivity contribution in [2.75, 3.05) is 37.6 Å². The van der Waals surface area contributed by atoms with E-state index in [1.54, 1.807) is 6.07 Å². The smallest absolute Gasteiger partial charge is 0.341 e. The molecule has 1 aromatic heterocycles. The molecule has 1 aliphatic carbocycles. The first-order valence-corrected chi connectivity index (χ1v) is 14.3. The maximum Gasteiger partial charge on any atom is 0.341 e. The lowest BCUT2D eigenvalue weighted by molar-refractivity contribution is -0.236. The summed E-state index contributed by atoms with van der Waals surface area (Å²) in [4.78, 5) is 28.7. The zero-order valence-corrected chi connectivity index (χ0v) is 23.7. The summed E-state index contributed by atoms with van der Waals surface area (Å²) in [5, 5.41) is 9.61. The molecule has 4 saturated heterocycles. The standard InChI is InChI=1S/C29H36FN3O8/c1-28(2)38-23-21(37-27-25(24(23)39-28)40-29(3,4)41-27)14-31-7-9-32(10-8-31)20-12-19-16(11-18(20)30)22(34)17(26(35)36)13-33(19)15-5-6-15/h11-13,15,21,23-25,27H,5-10,14H2,1-4H3,(H,35,36)/t21-,23+,24+,25-,27-/m1/s1. The molecule has 4 aliphatic heterocycles. The summed E-state index contributed by atoms with van der Waals surface area (Å²) < 4.78 is 48.2. The number of carboxylic acid groups (broad SMARTS) is 1. The summed E-state index contributed by atoms with van der Waals surface area (Å²) in [7, 11) is 0. The van der Waals surface area contributed by atoms with E-state index in [1.807, 2.05) is 37.2 Å². The van der Waals surface area contributed by atoms with Crippen molar-refractivity contribution in [1.29, 1.82) is 0 Å². The summed E-state index contributed by atoms with van der Waals surface area (Å²) in [5.41, 5.74) is -0.00470. The molecule has 2 aromatic rings. The van der Waals surface area contributed by atoms with Crippen LogP contribution >= 0.6 is 0 Å². The summed E-state index contributed by atoms with van der Waals surface area (Å²) in [6.45, 7) is 10.6. The minimum atomic E-state index is -1.30. The highest BCUT2D eigenvalue weighted by atomic mass is 19.1. The van der Waals surface area contributed by atoms with E-state index in [1.165, 1.54) is 12.3 Å². The monoisotopic (exact) mass is 573 g/mol. The van der Waals surface area contributed by atoms with Crippen molar-refractivity contribution in [3.63, 3.8) is 0 Å². The van der Waals surface area contributed by atoms with Gasteiger partial charge in [-0.15, -0.1) is 0 Å². The molecule has 11 nitrogen and oxygen atoms in total. The Labute approximate surface area is 236 Å². The van der Waals surface area contributed by atoms with Gasteiger partial charge in [-0.1, -0.05) is 0 Å². The van der Waals surface area contributed by atoms with Gasteiger partial charge in [0.15, 0.2) is 17.9 Å². The summed E-state index contributed by atoms with van der Waals surface area (Å²) in [6, 6.07) is 3.02. The molecule has 5 fully saturated rings. The van der Waals surface area contributed by atoms with Crippen molar-refractivity contribution in [3.05, 3.63) is 39.9 Å². The molecule has 0 radical (unpaired) electrons. The number of benzene rings is 1. The second-order valence-corrected chi connectivity index (χ2v) is 12.6. The first-order chi connectivity index (χ1) is 19.4. The van der Waals surface area contributed by atoms with Crippen molar-refractivity contribution < 1.29 is 38.0 Å². The molecule has 5 atom stereocenters. The van der Waals surface area contributed by atoms with E-state index in [9.17, 15) is 14.7 Å². The number of carboxylic acids is 1. The Balaban J connectivity index is 1.08. The maximum absolute atomic E-state index is 15.4. The van der Waals surface area contributed by atoms with Crippen LogP contribution in [-0.4, -0.2) is 95.5 Å². The topological polar surface area (TPSA) is 112 Å². The Morgan fingerprint density at radius 1 is 0.976 bits per heavy atom. The molecule has 5 aliphatic rings. The Morgan fingerprint density at radius 2 is 1.63 bits per heavy atom. The van der Waals surface area contributed by atoms with Gasteiger partial charge in [-0.2, -0.15) is 0 Å². The van der Waals surface area contributed by atoms with E-state index in [4.69, 9.17) is 23.7 Å². The minimum absolute atomic E-state index is 0.0991. The Bertz CT molecular complexity index is 1450. The molecule has 0 bridgehead atoms. The SMILES string of the molecule is CC1(C)O[C@H]2[C@@H](O1)[C@@H](CN1CCN(c3cc4c(cc3F)c(=O)c(C(=O)O)cn4C3CC3)CC1)O[C@@H]1OC(C)(C)O[C@@H]12. The van der Waals surface area contributed by atoms with Crippen LogP contribution in [0, 0.1) is 5.82 Å². The first kappa shape index (κ1) is 27.2. The Morgan fingerprint density at radius 3 is 2.32 bits per heavy atom. The van der Waals surface area contributed by atoms with Crippen molar-refractivity contribution >= 4 is 22.6 Å². The average molecular weight is 574 g/mol. The molecule has 0 amide bonds. The van der Waals surface area contributed by atoms with E-state index in [-0.39, 0.29) is 41.4 Å². The molecule has 7 rings (SSSR count). The summed E-state index contributed by atoms with van der Waals surface area (Å²) >= 11 is 0. The van der Waals surface area contributed by atoms with Crippen molar-refractivity contribution in [3.8, 4) is 0 Å². The zero-order valence-electron chi connectivity index (χ0n) is 23.7. The highest BCUT2D eigenvalue weighted by Gasteiger charge is 2.60. The number of piperazine rings is 1. The number of hydrogen-bond acceptors (Lipinski definition) is 9. The number of hydrogen-bond donors (Lipinski definition) is 1. The van der Waals surface area contributed by atoms with Gasteiger partial charge >= 0.3 is 5.97 Å². The number of pyridine rings is 1. The molecule has 5 heterocycles. The number of carbonyl (C=O) groups is 1. The van der Waals surface area contributed by atoms with Crippen LogP contribution in [0.25, 0.3) is 10.9 Å². The largest absolute Gasteiger partial charge is 0.477 e. The van der Waals surface area contributed by atoms with Gasteiger partial charge in [-0.3, -0.25) is 9.69 Å². The van der Waals surface area contributed by atoms with Gasteiger partial charge in [0, 0.05) is 50.3 Å². The highest BCUT2D eigenvalue weighted by Crippen LogP contribution is 2.44. The second-order valence-electron chi connectivity index (χ2n) is 12.6. The molecular formula is C29H36FN3O8. The Kier molecular flexibility index (Phi) is 6.28. The van der Waals surface area contributed by atoms with E-state index < -0.39 is 35.1 Å². The predicted octanol–water partition coefficient (Wildman–Crippen LogP) is 2.69. The fourth-order valence-electron chi connectivity index (χ4n) is 6.67. The van der Waals surface area contributed by atoms with E-state index >= 15 is 4.39 Å². The number of fused-ring (bicyclic) bond motifs is 4. The highest BCUT2D eigenvalue weighted by molar-refractivity contribution is 5.93. The molecule has 222 valence electrons. The normalized spacial score (nSPS) is 32.7. The van der Waals surface area contributed by atoms with Crippen molar-refractivity contribution in [2.24, 2.45) is 0 Å². The molecule has 12 heteroatoms. The van der Waals surface area contributed by atoms with Gasteiger partial charge in [0.1, 0.15) is 35.8 Å². The third-order valence-corrected chi connectivity index (χ3v) is 8.67. The average Bonchev–Trinajstić information content (AvgIpc) is 3.61. The van der Waals surface area contributed by atoms with Crippen LogP contribution < -0.4 is 10.3 Å². The van der Waals surface area contributed by atoms with E-state index in [2.05, 4.69) is 4.90 Å². The second kappa shape index (κ2) is 9.45. The van der Waals surface area contributed by atoms with Crippen LogP contribution in [0.2, 0.25) is 0 Å². The number of halogens is 1. The third-order valence-electron chi connectivity index (χ3n) is 8.67. The van der Waals surface area contributed by atoms with Gasteiger partial charge in [-0.05, 0) is 52.7 Å². The molecule has 1 N–H and O–H groups in total. The molecule has 0 unspecified atom stereocenters. The number of anilines is 1. The lowest BCUT2D eigenvalue weighted by atomic mass is 9.98. The zero-order chi connectivity index (χ0) is 28.8. The first-order valence-electron chi connectivity index (χ1n) is 14.3. The summed E-state index contributed by atoms with van der Waals surface area (Å²) in [6.07, 6.45) is 1.37. The fraction of sp³-hybridized carbons (Fsp3) is 0.655. The van der Waals surface area contributed by atoms with E-state index in [0.717, 1.165) is 12.8 Å². The third kappa shape index (κ3) is 4.84. The van der Waals surface area contributed by atoms with Gasteiger partial charge in [0.25, 0.3) is 0 Å². The lowest BCUT2D eigenvalue weighted by Crippen LogP contribution is -2.59. The van der Waals surface area contributed by atoms with Crippen LogP contribution in [0.15, 0.2) is 23.1 Å². The van der Waals surface area contributed by atoms with Gasteiger partial charge in [0.05, 0.1) is 11.2 Å². The van der Waals surface area contributed by atoms with Crippen LogP contribution in [0.3, 0.4) is 0 Å². The molecule has 1 aromatic carbocycles. The van der Waals surface area contributed by atoms with Crippen molar-refractivity contribution in [1.82, 2.24) is 9.47 Å². The minimum Gasteiger partial charge on any atom is -0.477 e. The maximum atomic E-state index is 15.4. The molecule has 41 heavy (non-hydrogen) atoms. The number of nitrogens with zero attached hydrogens (tertiary/aromatic N) is 3. The van der Waals surface area contributed by atoms with Crippen molar-refractivity contribution in [2.45, 2.75) is 88.9 Å². The van der Waals surface area contributed by atoms with Crippen LogP contribution in [0.4, 0.5) is 10.1 Å². The number of rotatable bonds is 5. The van der Waals surface area contributed by atoms with Crippen LogP contribution in [-0.2, 0) is 23.7 Å². The van der Waals surface area contributed by atoms with Gasteiger partial charge in [-0.25, -0.2) is 9.18 Å². The Hall–Kier alpha value is -2.61. The quantitative estimate of drug-likeness (QED) is 0.573. The number of ether oxygens (including phenoxy) is 5. The number of aromatic nitrogens is 1. The van der Waals surface area contributed by atoms with Gasteiger partial charge in [0.2, 0.25) is 5.43 Å². The van der Waals surface area contributed by atoms with E-state index in [0.29, 0.717) is 43.9 Å². The fourth-order valence-corrected chi connectivity index (χ4v) is 6.67. The van der Waals surface area contributed by atoms with Crippen LogP contribution in [0.1, 0.15) is 56.9 Å².